The highest BCUT2D eigenvalue weighted by Crippen LogP contribution is 2.25. The van der Waals surface area contributed by atoms with E-state index in [1.165, 1.54) is 82.6 Å². The number of allylic oxidation sites excluding steroid dienone is 24. The molecule has 0 saturated heterocycles. The molecule has 0 N–H and O–H groups in total. The molecule has 546 valence electrons. The highest BCUT2D eigenvalue weighted by molar-refractivity contribution is 5.99. The van der Waals surface area contributed by atoms with E-state index in [1.54, 1.807) is 36.5 Å². The fraction of sp³-hybridized carbons (Fsp3) is 0.663. The van der Waals surface area contributed by atoms with E-state index in [-0.39, 0.29) is 67.2 Å². The Morgan fingerprint density at radius 2 is 0.737 bits per heavy atom. The minimum Gasteiger partial charge on any atom is -0.294 e. The molecule has 0 spiro atoms. The maximum Gasteiger partial charge on any atom is 0.163 e. The molecule has 0 aliphatic heterocycles. The Morgan fingerprint density at radius 3 is 1.13 bits per heavy atom. The Balaban J connectivity index is -0.000000250. The van der Waals surface area contributed by atoms with Crippen LogP contribution in [0, 0.1) is 68.0 Å². The van der Waals surface area contributed by atoms with Crippen LogP contribution in [0.4, 0.5) is 0 Å². The van der Waals surface area contributed by atoms with Crippen molar-refractivity contribution in [2.45, 2.75) is 318 Å². The first-order chi connectivity index (χ1) is 43.4. The van der Waals surface area contributed by atoms with Crippen molar-refractivity contribution in [2.24, 2.45) is 68.0 Å². The van der Waals surface area contributed by atoms with Gasteiger partial charge in [-0.3, -0.25) is 28.8 Å². The number of hydrogen-bond donors (Lipinski definition) is 0. The zero-order valence-corrected chi connectivity index (χ0v) is 68.4. The van der Waals surface area contributed by atoms with E-state index in [0.29, 0.717) is 23.7 Å². The van der Waals surface area contributed by atoms with Gasteiger partial charge >= 0.3 is 0 Å². The van der Waals surface area contributed by atoms with E-state index in [9.17, 15) is 28.8 Å². The molecule has 0 aliphatic carbocycles. The van der Waals surface area contributed by atoms with Gasteiger partial charge in [-0.2, -0.15) is 0 Å². The van der Waals surface area contributed by atoms with Crippen LogP contribution in [-0.4, -0.2) is 34.7 Å². The zero-order valence-electron chi connectivity index (χ0n) is 68.4. The highest BCUT2D eigenvalue weighted by Gasteiger charge is 2.24. The van der Waals surface area contributed by atoms with Crippen molar-refractivity contribution in [3.8, 4) is 0 Å². The number of carbonyl (C=O) groups excluding carboxylic acids is 6. The lowest BCUT2D eigenvalue weighted by molar-refractivity contribution is -0.123. The lowest BCUT2D eigenvalue weighted by atomic mass is 9.85. The van der Waals surface area contributed by atoms with Gasteiger partial charge in [0, 0.05) is 32.5 Å². The molecule has 0 heterocycles. The van der Waals surface area contributed by atoms with Crippen LogP contribution >= 0.6 is 0 Å². The molecule has 5 atom stereocenters. The second kappa shape index (κ2) is 55.8. The molecule has 0 aliphatic rings. The minimum atomic E-state index is -0.287. The number of hydrogen-bond acceptors (Lipinski definition) is 6. The van der Waals surface area contributed by atoms with Crippen molar-refractivity contribution in [3.05, 3.63) is 144 Å². The van der Waals surface area contributed by atoms with Crippen LogP contribution in [0.2, 0.25) is 0 Å². The molecule has 95 heavy (non-hydrogen) atoms. The van der Waals surface area contributed by atoms with Crippen LogP contribution in [0.1, 0.15) is 318 Å². The fourth-order valence-corrected chi connectivity index (χ4v) is 8.34. The molecule has 0 aromatic rings. The third kappa shape index (κ3) is 67.3. The molecule has 5 unspecified atom stereocenters. The average Bonchev–Trinajstić information content (AvgIpc) is 2.02. The minimum absolute atomic E-state index is 0.143. The van der Waals surface area contributed by atoms with Crippen LogP contribution in [0.3, 0.4) is 0 Å². The normalized spacial score (nSPS) is 14.9. The lowest BCUT2D eigenvalue weighted by Gasteiger charge is -2.17. The summed E-state index contributed by atoms with van der Waals surface area (Å²) < 4.78 is 0. The molecule has 0 rings (SSSR count). The Morgan fingerprint density at radius 1 is 0.368 bits per heavy atom. The Hall–Kier alpha value is -5.10. The summed E-state index contributed by atoms with van der Waals surface area (Å²) in [5.74, 6) is 5.11. The second-order valence-electron chi connectivity index (χ2n) is 33.2. The van der Waals surface area contributed by atoms with Crippen molar-refractivity contribution >= 4 is 34.7 Å². The van der Waals surface area contributed by atoms with Crippen LogP contribution < -0.4 is 0 Å². The van der Waals surface area contributed by atoms with E-state index < -0.39 is 0 Å². The zero-order chi connectivity index (χ0) is 75.4. The summed E-state index contributed by atoms with van der Waals surface area (Å²) in [5.41, 5.74) is 1.46. The summed E-state index contributed by atoms with van der Waals surface area (Å²) in [4.78, 5) is 70.2. The number of unbranched alkanes of at least 4 members (excludes halogenated alkanes) is 3. The van der Waals surface area contributed by atoms with Crippen molar-refractivity contribution in [2.75, 3.05) is 0 Å². The second-order valence-corrected chi connectivity index (χ2v) is 33.2. The molecule has 0 aromatic carbocycles. The molecule has 0 saturated carbocycles. The van der Waals surface area contributed by atoms with Crippen LogP contribution in [-0.2, 0) is 28.8 Å². The molecular formula is C89H154O6. The van der Waals surface area contributed by atoms with E-state index in [0.717, 1.165) is 35.8 Å². The van der Waals surface area contributed by atoms with Crippen molar-refractivity contribution in [1.82, 2.24) is 0 Å². The quantitative estimate of drug-likeness (QED) is 0.0491. The molecule has 6 nitrogen and oxygen atoms in total. The topological polar surface area (TPSA) is 102 Å². The maximum atomic E-state index is 11.9. The molecule has 0 fully saturated rings. The van der Waals surface area contributed by atoms with Crippen LogP contribution in [0.15, 0.2) is 144 Å². The predicted molar refractivity (Wildman–Crippen MR) is 424 cm³/mol. The van der Waals surface area contributed by atoms with Gasteiger partial charge in [-0.05, 0) is 137 Å². The van der Waals surface area contributed by atoms with E-state index in [4.69, 9.17) is 0 Å². The number of ketones is 6. The summed E-state index contributed by atoms with van der Waals surface area (Å²) in [6.07, 6.45) is 57.3. The van der Waals surface area contributed by atoms with Crippen LogP contribution in [0.25, 0.3) is 0 Å². The predicted octanol–water partition coefficient (Wildman–Crippen LogP) is 26.9. The lowest BCUT2D eigenvalue weighted by Crippen LogP contribution is -2.21. The molecule has 6 heteroatoms. The van der Waals surface area contributed by atoms with E-state index >= 15 is 0 Å². The molecule has 0 bridgehead atoms. The van der Waals surface area contributed by atoms with Gasteiger partial charge in [0.25, 0.3) is 0 Å². The summed E-state index contributed by atoms with van der Waals surface area (Å²) >= 11 is 0. The number of rotatable bonds is 32. The largest absolute Gasteiger partial charge is 0.294 e. The first-order valence-corrected chi connectivity index (χ1v) is 36.7. The van der Waals surface area contributed by atoms with Crippen LogP contribution in [0.5, 0.6) is 0 Å². The standard InChI is InChI=1S/C16H30O.C16H28O.C15H24O.2C14H26O.C14H20O/c2*1-7-8-9-13(2)12-14(3)10-11-15(17)16(4,5)6;1-13(2)11-9-7-6-8-10-12-14(16)15(3,4)5;1-7-11(2)9-8-10-12(3)13(15)14(4,5)6;1-7-8-9-11(2)10-12(3)13(15)14(4,5)6;1-5-6-7-8-9-10-11-12-13(15)14(2,3)4/h10-11,13-14H,7-9,12H2,1-6H3;10-13H,7-9H2,1-6H3;6-10,12-13H,11H2,1-5H3;2*10-11H,7-9H2,1-6H3;5-12H,1-4H3/b11-10+;11-10+,14-12+;8-6+,9-7+,12-10+;2*12-10+;6-5+,8-7+,10-9+,12-11+. The summed E-state index contributed by atoms with van der Waals surface area (Å²) in [7, 11) is 0. The average molecular weight is 1320 g/mol. The first-order valence-electron chi connectivity index (χ1n) is 36.7. The molecule has 0 aromatic heterocycles. The molecule has 0 radical (unpaired) electrons. The van der Waals surface area contributed by atoms with Crippen molar-refractivity contribution < 1.29 is 28.8 Å². The van der Waals surface area contributed by atoms with Gasteiger partial charge in [-0.1, -0.05) is 361 Å². The molecule has 0 amide bonds. The SMILES string of the molecule is C/C=C/C=C/C=C/C=C/C(=O)C(C)(C)C.CC(C)C/C=C/C=C/C=C/C(=O)C(C)(C)C.CCC(C)CC/C=C(\C)C(=O)C(C)(C)C.CCCCC(C)/C=C(C)/C=C/C(=O)C(C)(C)C.CCCCC(C)/C=C(\C)C(=O)C(C)(C)C.CCCCC(C)CC(C)/C=C/C(=O)C(C)(C)C. The third-order valence-electron chi connectivity index (χ3n) is 15.2. The number of Topliss-reactive ketones (excluding diaryl/α,β-unsaturated/α-hetero) is 2. The van der Waals surface area contributed by atoms with E-state index in [1.807, 2.05) is 206 Å². The number of carbonyl (C=O) groups is 6. The maximum absolute atomic E-state index is 11.9. The van der Waals surface area contributed by atoms with Gasteiger partial charge in [-0.15, -0.1) is 0 Å². The summed E-state index contributed by atoms with van der Waals surface area (Å²) in [6.45, 7) is 67.4. The monoisotopic (exact) mass is 1320 g/mol. The third-order valence-corrected chi connectivity index (χ3v) is 15.2. The summed E-state index contributed by atoms with van der Waals surface area (Å²) in [6, 6.07) is 0. The fourth-order valence-electron chi connectivity index (χ4n) is 8.34. The Bertz CT molecular complexity index is 2470. The smallest absolute Gasteiger partial charge is 0.163 e. The van der Waals surface area contributed by atoms with Crippen molar-refractivity contribution in [3.63, 3.8) is 0 Å². The highest BCUT2D eigenvalue weighted by atomic mass is 16.1. The van der Waals surface area contributed by atoms with Gasteiger partial charge in [0.2, 0.25) is 0 Å². The van der Waals surface area contributed by atoms with E-state index in [2.05, 4.69) is 113 Å². The van der Waals surface area contributed by atoms with Gasteiger partial charge < -0.3 is 0 Å². The first kappa shape index (κ1) is 101. The van der Waals surface area contributed by atoms with Gasteiger partial charge in [0.15, 0.2) is 34.7 Å². The van der Waals surface area contributed by atoms with Crippen molar-refractivity contribution in [1.29, 1.82) is 0 Å². The Labute approximate surface area is 591 Å². The Kier molecular flexibility index (Phi) is 59.3. The molecular weight excluding hydrogens is 1160 g/mol. The summed E-state index contributed by atoms with van der Waals surface area (Å²) in [5, 5.41) is 0. The van der Waals surface area contributed by atoms with Gasteiger partial charge in [0.1, 0.15) is 0 Å². The van der Waals surface area contributed by atoms with Gasteiger partial charge in [-0.25, -0.2) is 0 Å². The van der Waals surface area contributed by atoms with Gasteiger partial charge in [0.05, 0.1) is 0 Å².